The molecule has 1 atom stereocenters. The van der Waals surface area contributed by atoms with E-state index in [1.54, 1.807) is 14.2 Å². The van der Waals surface area contributed by atoms with Crippen LogP contribution in [0, 0.1) is 0 Å². The van der Waals surface area contributed by atoms with Gasteiger partial charge in [-0.25, -0.2) is 4.98 Å². The molecule has 0 N–H and O–H groups in total. The Hall–Kier alpha value is -0.650. The van der Waals surface area contributed by atoms with E-state index in [0.717, 1.165) is 18.8 Å². The molecule has 0 bridgehead atoms. The Kier molecular flexibility index (Phi) is 6.47. The first kappa shape index (κ1) is 14.4. The van der Waals surface area contributed by atoms with Gasteiger partial charge in [0.2, 0.25) is 5.88 Å². The van der Waals surface area contributed by atoms with E-state index >= 15 is 0 Å². The average molecular weight is 303 g/mol. The molecule has 0 spiro atoms. The number of nitrogens with zero attached hydrogens (tertiary/aromatic N) is 2. The molecule has 17 heavy (non-hydrogen) atoms. The number of pyridine rings is 1. The van der Waals surface area contributed by atoms with Gasteiger partial charge in [0, 0.05) is 26.3 Å². The summed E-state index contributed by atoms with van der Waals surface area (Å²) in [7, 11) is 5.39. The molecule has 0 saturated heterocycles. The quantitative estimate of drug-likeness (QED) is 0.721. The van der Waals surface area contributed by atoms with Crippen LogP contribution in [0.2, 0.25) is 0 Å². The second-order valence-corrected chi connectivity index (χ2v) is 5.22. The largest absolute Gasteiger partial charge is 0.481 e. The summed E-state index contributed by atoms with van der Waals surface area (Å²) in [6.07, 6.45) is 0. The molecule has 0 aliphatic heterocycles. The van der Waals surface area contributed by atoms with Crippen molar-refractivity contribution in [2.75, 3.05) is 34.4 Å². The van der Waals surface area contributed by atoms with E-state index in [1.807, 2.05) is 18.2 Å². The summed E-state index contributed by atoms with van der Waals surface area (Å²) < 4.78 is 10.2. The number of hydrogen-bond acceptors (Lipinski definition) is 4. The highest BCUT2D eigenvalue weighted by Gasteiger charge is 2.09. The van der Waals surface area contributed by atoms with Crippen LogP contribution in [0.25, 0.3) is 0 Å². The predicted octanol–water partition coefficient (Wildman–Crippen LogP) is 1.93. The molecule has 0 amide bonds. The Morgan fingerprint density at radius 3 is 2.82 bits per heavy atom. The van der Waals surface area contributed by atoms with Gasteiger partial charge in [-0.05, 0) is 13.1 Å². The molecule has 0 aliphatic rings. The Morgan fingerprint density at radius 1 is 1.41 bits per heavy atom. The Balaban J connectivity index is 2.46. The topological polar surface area (TPSA) is 34.6 Å². The number of halogens is 1. The molecule has 1 aromatic rings. The number of hydrogen-bond donors (Lipinski definition) is 0. The van der Waals surface area contributed by atoms with Crippen LogP contribution in [-0.2, 0) is 11.3 Å². The van der Waals surface area contributed by atoms with Crippen molar-refractivity contribution in [3.8, 4) is 5.88 Å². The third-order valence-corrected chi connectivity index (χ3v) is 2.83. The minimum Gasteiger partial charge on any atom is -0.481 e. The lowest BCUT2D eigenvalue weighted by molar-refractivity contribution is 0.184. The fourth-order valence-electron chi connectivity index (χ4n) is 1.57. The lowest BCUT2D eigenvalue weighted by Gasteiger charge is -2.19. The fraction of sp³-hybridized carbons (Fsp3) is 0.583. The molecular weight excluding hydrogens is 284 g/mol. The zero-order valence-electron chi connectivity index (χ0n) is 10.5. The van der Waals surface area contributed by atoms with Gasteiger partial charge < -0.3 is 9.47 Å². The van der Waals surface area contributed by atoms with Gasteiger partial charge in [0.15, 0.2) is 0 Å². The number of methoxy groups -OCH3 is 2. The molecule has 1 unspecified atom stereocenters. The first-order chi connectivity index (χ1) is 8.15. The van der Waals surface area contributed by atoms with Crippen LogP contribution in [0.3, 0.4) is 0 Å². The number of alkyl halides is 1. The molecule has 96 valence electrons. The third kappa shape index (κ3) is 5.48. The molecule has 5 heteroatoms. The summed E-state index contributed by atoms with van der Waals surface area (Å²) in [4.78, 5) is 6.90. The second kappa shape index (κ2) is 7.63. The monoisotopic (exact) mass is 302 g/mol. The van der Waals surface area contributed by atoms with E-state index in [-0.39, 0.29) is 0 Å². The summed E-state index contributed by atoms with van der Waals surface area (Å²) in [5, 5.41) is 0. The lowest BCUT2D eigenvalue weighted by Crippen LogP contribution is -2.28. The highest BCUT2D eigenvalue weighted by Crippen LogP contribution is 2.09. The van der Waals surface area contributed by atoms with Crippen molar-refractivity contribution >= 4 is 15.9 Å². The van der Waals surface area contributed by atoms with Gasteiger partial charge in [-0.3, -0.25) is 4.90 Å². The van der Waals surface area contributed by atoms with Gasteiger partial charge in [-0.1, -0.05) is 22.0 Å². The van der Waals surface area contributed by atoms with Crippen LogP contribution in [0.5, 0.6) is 5.88 Å². The van der Waals surface area contributed by atoms with Crippen LogP contribution in [-0.4, -0.2) is 49.1 Å². The maximum Gasteiger partial charge on any atom is 0.213 e. The SMILES string of the molecule is COCC(Br)CN(C)Cc1cccc(OC)n1. The van der Waals surface area contributed by atoms with Crippen molar-refractivity contribution in [3.63, 3.8) is 0 Å². The van der Waals surface area contributed by atoms with Crippen molar-refractivity contribution in [1.82, 2.24) is 9.88 Å². The van der Waals surface area contributed by atoms with Crippen molar-refractivity contribution in [3.05, 3.63) is 23.9 Å². The fourth-order valence-corrected chi connectivity index (χ4v) is 2.33. The number of aromatic nitrogens is 1. The van der Waals surface area contributed by atoms with Crippen LogP contribution in [0.15, 0.2) is 18.2 Å². The summed E-state index contributed by atoms with van der Waals surface area (Å²) in [6.45, 7) is 2.41. The maximum absolute atomic E-state index is 5.10. The van der Waals surface area contributed by atoms with Gasteiger partial charge in [0.1, 0.15) is 0 Å². The standard InChI is InChI=1S/C12H19BrN2O2/c1-15(7-10(13)9-16-2)8-11-5-4-6-12(14-11)17-3/h4-6,10H,7-9H2,1-3H3. The molecule has 0 fully saturated rings. The molecule has 1 aromatic heterocycles. The normalized spacial score (nSPS) is 12.8. The molecule has 0 radical (unpaired) electrons. The Bertz CT molecular complexity index is 336. The summed E-state index contributed by atoms with van der Waals surface area (Å²) >= 11 is 3.57. The van der Waals surface area contributed by atoms with E-state index in [0.29, 0.717) is 17.3 Å². The van der Waals surface area contributed by atoms with Gasteiger partial charge in [-0.2, -0.15) is 0 Å². The maximum atomic E-state index is 5.10. The molecule has 0 aromatic carbocycles. The minimum absolute atomic E-state index is 0.336. The van der Waals surface area contributed by atoms with E-state index in [9.17, 15) is 0 Å². The lowest BCUT2D eigenvalue weighted by atomic mass is 10.3. The molecule has 0 saturated carbocycles. The highest BCUT2D eigenvalue weighted by atomic mass is 79.9. The first-order valence-corrected chi connectivity index (χ1v) is 6.38. The highest BCUT2D eigenvalue weighted by molar-refractivity contribution is 9.09. The smallest absolute Gasteiger partial charge is 0.213 e. The van der Waals surface area contributed by atoms with E-state index < -0.39 is 0 Å². The molecular formula is C12H19BrN2O2. The van der Waals surface area contributed by atoms with E-state index in [4.69, 9.17) is 9.47 Å². The van der Waals surface area contributed by atoms with Crippen LogP contribution in [0.4, 0.5) is 0 Å². The van der Waals surface area contributed by atoms with Crippen molar-refractivity contribution in [2.24, 2.45) is 0 Å². The average Bonchev–Trinajstić information content (AvgIpc) is 2.29. The van der Waals surface area contributed by atoms with Crippen LogP contribution < -0.4 is 4.74 Å². The van der Waals surface area contributed by atoms with Crippen LogP contribution in [0.1, 0.15) is 5.69 Å². The van der Waals surface area contributed by atoms with Gasteiger partial charge in [0.25, 0.3) is 0 Å². The van der Waals surface area contributed by atoms with Crippen molar-refractivity contribution < 1.29 is 9.47 Å². The predicted molar refractivity (Wildman–Crippen MR) is 71.7 cm³/mol. The molecule has 4 nitrogen and oxygen atoms in total. The molecule has 1 rings (SSSR count). The van der Waals surface area contributed by atoms with E-state index in [1.165, 1.54) is 0 Å². The molecule has 0 aliphatic carbocycles. The van der Waals surface area contributed by atoms with Gasteiger partial charge in [0.05, 0.1) is 24.2 Å². The van der Waals surface area contributed by atoms with Crippen molar-refractivity contribution in [2.45, 2.75) is 11.4 Å². The van der Waals surface area contributed by atoms with E-state index in [2.05, 4.69) is 32.9 Å². The Morgan fingerprint density at radius 2 is 2.18 bits per heavy atom. The third-order valence-electron chi connectivity index (χ3n) is 2.28. The number of rotatable bonds is 7. The first-order valence-electron chi connectivity index (χ1n) is 5.47. The van der Waals surface area contributed by atoms with Gasteiger partial charge >= 0.3 is 0 Å². The second-order valence-electron chi connectivity index (χ2n) is 3.92. The summed E-state index contributed by atoms with van der Waals surface area (Å²) in [5.41, 5.74) is 1.00. The van der Waals surface area contributed by atoms with Gasteiger partial charge in [-0.15, -0.1) is 0 Å². The Labute approximate surface area is 111 Å². The number of ether oxygens (including phenoxy) is 2. The summed E-state index contributed by atoms with van der Waals surface area (Å²) in [5.74, 6) is 0.656. The zero-order chi connectivity index (χ0) is 12.7. The van der Waals surface area contributed by atoms with Crippen LogP contribution >= 0.6 is 15.9 Å². The molecule has 1 heterocycles. The minimum atomic E-state index is 0.336. The summed E-state index contributed by atoms with van der Waals surface area (Å²) in [6, 6.07) is 5.80. The zero-order valence-corrected chi connectivity index (χ0v) is 12.1. The van der Waals surface area contributed by atoms with Crippen molar-refractivity contribution in [1.29, 1.82) is 0 Å².